The van der Waals surface area contributed by atoms with Crippen molar-refractivity contribution in [2.75, 3.05) is 11.9 Å². The van der Waals surface area contributed by atoms with Gasteiger partial charge >= 0.3 is 5.97 Å². The highest BCUT2D eigenvalue weighted by Gasteiger charge is 2.30. The molecule has 3 aromatic rings. The number of carboxylic acid groups (broad SMARTS) is 1. The highest BCUT2D eigenvalue weighted by atomic mass is 32.2. The molecule has 1 aliphatic rings. The Labute approximate surface area is 209 Å². The molecule has 0 unspecified atom stereocenters. The Hall–Kier alpha value is -3.70. The van der Waals surface area contributed by atoms with Gasteiger partial charge in [-0.2, -0.15) is 9.78 Å². The largest absolute Gasteiger partial charge is 0.476 e. The van der Waals surface area contributed by atoms with Crippen LogP contribution in [0.25, 0.3) is 5.69 Å². The number of ether oxygens (including phenoxy) is 1. The van der Waals surface area contributed by atoms with E-state index in [-0.39, 0.29) is 46.2 Å². The molecule has 1 heterocycles. The lowest BCUT2D eigenvalue weighted by Crippen LogP contribution is -2.25. The number of aromatic carboxylic acids is 1. The molecule has 0 aliphatic heterocycles. The van der Waals surface area contributed by atoms with Gasteiger partial charge in [-0.25, -0.2) is 17.9 Å². The molecule has 1 aromatic heterocycles. The highest BCUT2D eigenvalue weighted by Crippen LogP contribution is 2.36. The van der Waals surface area contributed by atoms with E-state index in [0.717, 1.165) is 18.4 Å². The van der Waals surface area contributed by atoms with Gasteiger partial charge in [0.1, 0.15) is 10.6 Å². The molecule has 190 valence electrons. The second-order valence-electron chi connectivity index (χ2n) is 8.76. The van der Waals surface area contributed by atoms with Gasteiger partial charge in [-0.1, -0.05) is 24.6 Å². The number of sulfonamides is 1. The molecule has 0 atom stereocenters. The molecule has 36 heavy (non-hydrogen) atoms. The number of anilines is 1. The summed E-state index contributed by atoms with van der Waals surface area (Å²) in [5.41, 5.74) is 1.90. The van der Waals surface area contributed by atoms with E-state index in [9.17, 15) is 23.1 Å². The first-order chi connectivity index (χ1) is 17.1. The zero-order valence-corrected chi connectivity index (χ0v) is 21.1. The number of carbonyl (C=O) groups excluding carboxylic acids is 1. The smallest absolute Gasteiger partial charge is 0.356 e. The van der Waals surface area contributed by atoms with Crippen LogP contribution in [0.2, 0.25) is 0 Å². The number of aromatic nitrogens is 2. The van der Waals surface area contributed by atoms with Crippen LogP contribution in [0.15, 0.2) is 47.4 Å². The van der Waals surface area contributed by atoms with Crippen LogP contribution in [-0.4, -0.2) is 41.7 Å². The fourth-order valence-electron chi connectivity index (χ4n) is 3.55. The molecule has 0 saturated heterocycles. The van der Waals surface area contributed by atoms with Crippen molar-refractivity contribution < 1.29 is 27.9 Å². The van der Waals surface area contributed by atoms with Gasteiger partial charge in [-0.05, 0) is 63.4 Å². The Morgan fingerprint density at radius 3 is 2.44 bits per heavy atom. The van der Waals surface area contributed by atoms with Crippen molar-refractivity contribution in [1.29, 1.82) is 0 Å². The van der Waals surface area contributed by atoms with E-state index < -0.39 is 16.0 Å². The predicted molar refractivity (Wildman–Crippen MR) is 133 cm³/mol. The predicted octanol–water partition coefficient (Wildman–Crippen LogP) is 4.02. The maximum Gasteiger partial charge on any atom is 0.356 e. The van der Waals surface area contributed by atoms with E-state index in [1.165, 1.54) is 16.8 Å². The summed E-state index contributed by atoms with van der Waals surface area (Å²) >= 11 is 0. The number of aryl methyl sites for hydroxylation is 1. The van der Waals surface area contributed by atoms with E-state index in [1.807, 2.05) is 26.0 Å². The van der Waals surface area contributed by atoms with Crippen LogP contribution < -0.4 is 14.8 Å². The quantitative estimate of drug-likeness (QED) is 0.373. The van der Waals surface area contributed by atoms with Crippen molar-refractivity contribution in [2.24, 2.45) is 5.92 Å². The minimum Gasteiger partial charge on any atom is -0.476 e. The number of carbonyl (C=O) groups is 2. The molecule has 0 bridgehead atoms. The number of hydrogen-bond acceptors (Lipinski definition) is 6. The second kappa shape index (κ2) is 10.1. The third kappa shape index (κ3) is 5.42. The number of rotatable bonds is 10. The Balaban J connectivity index is 1.80. The summed E-state index contributed by atoms with van der Waals surface area (Å²) in [6, 6.07) is 11.5. The van der Waals surface area contributed by atoms with Gasteiger partial charge in [0.15, 0.2) is 5.69 Å². The minimum atomic E-state index is -4.01. The average Bonchev–Trinajstić information content (AvgIpc) is 3.64. The van der Waals surface area contributed by atoms with Crippen LogP contribution in [0.1, 0.15) is 47.8 Å². The number of nitrogens with one attached hydrogen (secondary N) is 2. The van der Waals surface area contributed by atoms with Gasteiger partial charge in [0, 0.05) is 23.7 Å². The topological polar surface area (TPSA) is 140 Å². The number of carboxylic acids is 1. The normalized spacial score (nSPS) is 13.4. The van der Waals surface area contributed by atoms with Gasteiger partial charge < -0.3 is 15.2 Å². The first-order valence-electron chi connectivity index (χ1n) is 11.6. The number of amides is 1. The maximum atomic E-state index is 13.2. The Bertz CT molecular complexity index is 1410. The van der Waals surface area contributed by atoms with Crippen molar-refractivity contribution in [3.05, 3.63) is 59.3 Å². The number of nitrogens with zero attached hydrogens (tertiary/aromatic N) is 2. The van der Waals surface area contributed by atoms with Gasteiger partial charge in [-0.15, -0.1) is 0 Å². The number of benzene rings is 2. The summed E-state index contributed by atoms with van der Waals surface area (Å²) in [6.07, 6.45) is 2.20. The third-order valence-electron chi connectivity index (χ3n) is 5.75. The third-order valence-corrected chi connectivity index (χ3v) is 7.23. The molecule has 3 N–H and O–H groups in total. The molecule has 2 aromatic carbocycles. The monoisotopic (exact) mass is 512 g/mol. The summed E-state index contributed by atoms with van der Waals surface area (Å²) < 4.78 is 36.2. The molecule has 0 radical (unpaired) electrons. The molecule has 11 heteroatoms. The van der Waals surface area contributed by atoms with Crippen molar-refractivity contribution in [3.63, 3.8) is 0 Å². The lowest BCUT2D eigenvalue weighted by molar-refractivity contribution is -0.117. The van der Waals surface area contributed by atoms with E-state index in [2.05, 4.69) is 15.1 Å². The summed E-state index contributed by atoms with van der Waals surface area (Å²) in [7, 11) is -4.01. The van der Waals surface area contributed by atoms with Crippen LogP contribution in [0.3, 0.4) is 0 Å². The lowest BCUT2D eigenvalue weighted by Gasteiger charge is -2.16. The first kappa shape index (κ1) is 25.4. The second-order valence-corrected chi connectivity index (χ2v) is 10.5. The van der Waals surface area contributed by atoms with E-state index >= 15 is 0 Å². The fraction of sp³-hybridized carbons (Fsp3) is 0.320. The van der Waals surface area contributed by atoms with Crippen LogP contribution in [-0.2, 0) is 14.8 Å². The van der Waals surface area contributed by atoms with E-state index in [1.54, 1.807) is 25.1 Å². The molecule has 1 fully saturated rings. The summed E-state index contributed by atoms with van der Waals surface area (Å²) in [5, 5.41) is 16.6. The van der Waals surface area contributed by atoms with Crippen LogP contribution in [0.4, 0.5) is 5.69 Å². The van der Waals surface area contributed by atoms with E-state index in [0.29, 0.717) is 17.8 Å². The van der Waals surface area contributed by atoms with Crippen molar-refractivity contribution in [3.8, 4) is 17.3 Å². The first-order valence-corrected chi connectivity index (χ1v) is 13.1. The zero-order valence-electron chi connectivity index (χ0n) is 20.2. The van der Waals surface area contributed by atoms with Gasteiger partial charge in [0.05, 0.1) is 5.69 Å². The van der Waals surface area contributed by atoms with Crippen LogP contribution in [0, 0.1) is 19.8 Å². The Kier molecular flexibility index (Phi) is 7.14. The average molecular weight is 513 g/mol. The Morgan fingerprint density at radius 2 is 1.83 bits per heavy atom. The fourth-order valence-corrected chi connectivity index (χ4v) is 4.84. The molecule has 1 amide bonds. The maximum absolute atomic E-state index is 13.2. The lowest BCUT2D eigenvalue weighted by atomic mass is 10.2. The van der Waals surface area contributed by atoms with Crippen molar-refractivity contribution in [2.45, 2.75) is 44.9 Å². The molecule has 0 spiro atoms. The molecule has 1 saturated carbocycles. The van der Waals surface area contributed by atoms with Gasteiger partial charge in [0.25, 0.3) is 0 Å². The molecular formula is C25H28N4O6S. The Morgan fingerprint density at radius 1 is 1.14 bits per heavy atom. The molecule has 10 nitrogen and oxygen atoms in total. The van der Waals surface area contributed by atoms with Crippen molar-refractivity contribution in [1.82, 2.24) is 14.5 Å². The molecule has 4 rings (SSSR count). The molecule has 1 aliphatic carbocycles. The summed E-state index contributed by atoms with van der Waals surface area (Å²) in [6.45, 7) is 5.51. The zero-order chi connectivity index (χ0) is 26.0. The van der Waals surface area contributed by atoms with Gasteiger partial charge in [-0.3, -0.25) is 4.79 Å². The summed E-state index contributed by atoms with van der Waals surface area (Å²) in [5.74, 6) is -1.42. The van der Waals surface area contributed by atoms with Crippen LogP contribution >= 0.6 is 0 Å². The SMILES string of the molecule is CCCNS(=O)(=O)c1cc(NC(=O)C2CC2)ccc1Oc1c(C)c(C(=O)O)nn1-c1ccc(C)cc1. The standard InChI is InChI=1S/C25H28N4O6S/c1-4-13-26-36(33,34)21-14-18(27-23(30)17-7-8-17)9-12-20(21)35-24-16(3)22(25(31)32)28-29(24)19-10-5-15(2)6-11-19/h5-6,9-12,14,17,26H,4,7-8,13H2,1-3H3,(H,27,30)(H,31,32). The highest BCUT2D eigenvalue weighted by molar-refractivity contribution is 7.89. The van der Waals surface area contributed by atoms with E-state index in [4.69, 9.17) is 4.74 Å². The number of hydrogen-bond donors (Lipinski definition) is 3. The molecular weight excluding hydrogens is 484 g/mol. The van der Waals surface area contributed by atoms with Crippen LogP contribution in [0.5, 0.6) is 11.6 Å². The summed E-state index contributed by atoms with van der Waals surface area (Å²) in [4.78, 5) is 23.9. The van der Waals surface area contributed by atoms with Crippen molar-refractivity contribution >= 4 is 27.6 Å². The minimum absolute atomic E-state index is 0.0312. The van der Waals surface area contributed by atoms with Gasteiger partial charge in [0.2, 0.25) is 21.8 Å².